The van der Waals surface area contributed by atoms with Crippen LogP contribution in [-0.2, 0) is 12.8 Å². The molecule has 0 aromatic carbocycles. The molecule has 0 radical (unpaired) electrons. The lowest BCUT2D eigenvalue weighted by Gasteiger charge is -2.30. The van der Waals surface area contributed by atoms with Gasteiger partial charge in [-0.05, 0) is 39.3 Å². The number of aromatic nitrogens is 3. The van der Waals surface area contributed by atoms with Crippen molar-refractivity contribution in [2.75, 3.05) is 19.6 Å². The van der Waals surface area contributed by atoms with Crippen LogP contribution in [0.3, 0.4) is 0 Å². The normalized spacial score (nSPS) is 16.8. The van der Waals surface area contributed by atoms with E-state index in [0.29, 0.717) is 5.92 Å². The van der Waals surface area contributed by atoms with Crippen molar-refractivity contribution in [1.29, 1.82) is 0 Å². The summed E-state index contributed by atoms with van der Waals surface area (Å²) in [7, 11) is 0. The number of aryl methyl sites for hydroxylation is 2. The molecule has 6 nitrogen and oxygen atoms in total. The number of likely N-dealkylation sites (tertiary alicyclic amines) is 1. The molecule has 0 unspecified atom stereocenters. The second-order valence-corrected chi connectivity index (χ2v) is 6.22. The summed E-state index contributed by atoms with van der Waals surface area (Å²) in [5.41, 5.74) is 2.77. The van der Waals surface area contributed by atoms with Gasteiger partial charge in [0.25, 0.3) is 5.56 Å². The maximum atomic E-state index is 12.2. The molecule has 0 saturated carbocycles. The molecule has 1 aliphatic rings. The first kappa shape index (κ1) is 15.9. The lowest BCUT2D eigenvalue weighted by atomic mass is 9.93. The van der Waals surface area contributed by atoms with Crippen LogP contribution in [0.5, 0.6) is 0 Å². The van der Waals surface area contributed by atoms with Gasteiger partial charge in [0.05, 0.1) is 5.69 Å². The molecule has 1 fully saturated rings. The fourth-order valence-electron chi connectivity index (χ4n) is 3.29. The van der Waals surface area contributed by atoms with E-state index >= 15 is 0 Å². The highest BCUT2D eigenvalue weighted by Crippen LogP contribution is 2.26. The second kappa shape index (κ2) is 7.08. The minimum atomic E-state index is 0.0202. The SMILES string of the molecule is CCc1nc(C)c(CCN2CCC(c3ccon3)CC2)c(=O)[nH]1. The zero-order valence-electron chi connectivity index (χ0n) is 13.8. The van der Waals surface area contributed by atoms with Crippen molar-refractivity contribution < 1.29 is 4.52 Å². The molecule has 3 rings (SSSR count). The number of rotatable bonds is 5. The summed E-state index contributed by atoms with van der Waals surface area (Å²) < 4.78 is 4.94. The van der Waals surface area contributed by atoms with Crippen molar-refractivity contribution in [2.45, 2.75) is 45.4 Å². The van der Waals surface area contributed by atoms with Gasteiger partial charge in [-0.3, -0.25) is 4.79 Å². The topological polar surface area (TPSA) is 75.0 Å². The Labute approximate surface area is 135 Å². The molecule has 2 aromatic heterocycles. The predicted molar refractivity (Wildman–Crippen MR) is 87.6 cm³/mol. The van der Waals surface area contributed by atoms with Crippen molar-refractivity contribution in [2.24, 2.45) is 0 Å². The van der Waals surface area contributed by atoms with E-state index in [1.807, 2.05) is 19.9 Å². The van der Waals surface area contributed by atoms with Crippen LogP contribution in [0.2, 0.25) is 0 Å². The number of piperidine rings is 1. The largest absolute Gasteiger partial charge is 0.365 e. The van der Waals surface area contributed by atoms with Crippen molar-refractivity contribution in [3.05, 3.63) is 45.5 Å². The van der Waals surface area contributed by atoms with Crippen LogP contribution in [0.1, 0.15) is 48.5 Å². The van der Waals surface area contributed by atoms with Crippen molar-refractivity contribution in [3.8, 4) is 0 Å². The number of hydrogen-bond donors (Lipinski definition) is 1. The highest BCUT2D eigenvalue weighted by atomic mass is 16.5. The molecule has 1 aliphatic heterocycles. The van der Waals surface area contributed by atoms with Gasteiger partial charge in [-0.1, -0.05) is 12.1 Å². The van der Waals surface area contributed by atoms with Gasteiger partial charge in [0.1, 0.15) is 12.1 Å². The summed E-state index contributed by atoms with van der Waals surface area (Å²) in [5, 5.41) is 4.05. The quantitative estimate of drug-likeness (QED) is 0.914. The molecule has 124 valence electrons. The van der Waals surface area contributed by atoms with E-state index < -0.39 is 0 Å². The number of aromatic amines is 1. The predicted octanol–water partition coefficient (Wildman–Crippen LogP) is 2.05. The first-order chi connectivity index (χ1) is 11.2. The zero-order valence-corrected chi connectivity index (χ0v) is 13.8. The summed E-state index contributed by atoms with van der Waals surface area (Å²) in [4.78, 5) is 21.9. The van der Waals surface area contributed by atoms with E-state index in [1.165, 1.54) is 0 Å². The van der Waals surface area contributed by atoms with E-state index in [4.69, 9.17) is 4.52 Å². The highest BCUT2D eigenvalue weighted by Gasteiger charge is 2.22. The first-order valence-corrected chi connectivity index (χ1v) is 8.38. The number of nitrogens with zero attached hydrogens (tertiary/aromatic N) is 3. The first-order valence-electron chi connectivity index (χ1n) is 8.38. The Morgan fingerprint density at radius 3 is 2.78 bits per heavy atom. The van der Waals surface area contributed by atoms with E-state index in [2.05, 4.69) is 20.0 Å². The molecular weight excluding hydrogens is 292 g/mol. The number of H-pyrrole nitrogens is 1. The van der Waals surface area contributed by atoms with Gasteiger partial charge in [0, 0.05) is 36.2 Å². The van der Waals surface area contributed by atoms with Crippen LogP contribution >= 0.6 is 0 Å². The standard InChI is InChI=1S/C17H24N4O2/c1-3-16-18-12(2)14(17(22)19-16)6-10-21-8-4-13(5-9-21)15-7-11-23-20-15/h7,11,13H,3-6,8-10H2,1-2H3,(H,18,19,22). The molecule has 0 atom stereocenters. The molecule has 2 aromatic rings. The molecule has 6 heteroatoms. The summed E-state index contributed by atoms with van der Waals surface area (Å²) in [6.45, 7) is 6.91. The Bertz CT molecular complexity index is 685. The smallest absolute Gasteiger partial charge is 0.254 e. The van der Waals surface area contributed by atoms with Gasteiger partial charge < -0.3 is 14.4 Å². The van der Waals surface area contributed by atoms with Crippen molar-refractivity contribution in [3.63, 3.8) is 0 Å². The number of hydrogen-bond acceptors (Lipinski definition) is 5. The van der Waals surface area contributed by atoms with Gasteiger partial charge >= 0.3 is 0 Å². The Morgan fingerprint density at radius 1 is 1.39 bits per heavy atom. The lowest BCUT2D eigenvalue weighted by molar-refractivity contribution is 0.210. The number of nitrogens with one attached hydrogen (secondary N) is 1. The minimum absolute atomic E-state index is 0.0202. The maximum absolute atomic E-state index is 12.2. The molecule has 0 spiro atoms. The summed E-state index contributed by atoms with van der Waals surface area (Å²) >= 11 is 0. The Balaban J connectivity index is 1.55. The monoisotopic (exact) mass is 316 g/mol. The van der Waals surface area contributed by atoms with E-state index in [0.717, 1.165) is 68.1 Å². The maximum Gasteiger partial charge on any atom is 0.254 e. The average molecular weight is 316 g/mol. The highest BCUT2D eigenvalue weighted by molar-refractivity contribution is 5.17. The van der Waals surface area contributed by atoms with Crippen LogP contribution in [0.15, 0.2) is 21.6 Å². The van der Waals surface area contributed by atoms with Gasteiger partial charge in [0.2, 0.25) is 0 Å². The minimum Gasteiger partial charge on any atom is -0.365 e. The summed E-state index contributed by atoms with van der Waals surface area (Å²) in [6.07, 6.45) is 5.34. The van der Waals surface area contributed by atoms with Gasteiger partial charge in [-0.2, -0.15) is 0 Å². The van der Waals surface area contributed by atoms with Crippen LogP contribution in [0.25, 0.3) is 0 Å². The summed E-state index contributed by atoms with van der Waals surface area (Å²) in [5.74, 6) is 1.27. The molecule has 0 aliphatic carbocycles. The fraction of sp³-hybridized carbons (Fsp3) is 0.588. The zero-order chi connectivity index (χ0) is 16.2. The molecular formula is C17H24N4O2. The molecule has 3 heterocycles. The van der Waals surface area contributed by atoms with Crippen molar-refractivity contribution in [1.82, 2.24) is 20.0 Å². The molecule has 0 amide bonds. The van der Waals surface area contributed by atoms with Gasteiger partial charge in [0.15, 0.2) is 0 Å². The van der Waals surface area contributed by atoms with E-state index in [1.54, 1.807) is 6.26 Å². The Hall–Kier alpha value is -1.95. The second-order valence-electron chi connectivity index (χ2n) is 6.22. The fourth-order valence-corrected chi connectivity index (χ4v) is 3.29. The van der Waals surface area contributed by atoms with Gasteiger partial charge in [-0.25, -0.2) is 4.98 Å². The average Bonchev–Trinajstić information content (AvgIpc) is 3.09. The van der Waals surface area contributed by atoms with E-state index in [9.17, 15) is 4.79 Å². The lowest BCUT2D eigenvalue weighted by Crippen LogP contribution is -2.35. The van der Waals surface area contributed by atoms with Crippen LogP contribution < -0.4 is 5.56 Å². The third kappa shape index (κ3) is 3.69. The molecule has 23 heavy (non-hydrogen) atoms. The van der Waals surface area contributed by atoms with Crippen molar-refractivity contribution >= 4 is 0 Å². The molecule has 1 saturated heterocycles. The van der Waals surface area contributed by atoms with Crippen LogP contribution in [-0.4, -0.2) is 39.7 Å². The Kier molecular flexibility index (Phi) is 4.91. The van der Waals surface area contributed by atoms with E-state index in [-0.39, 0.29) is 5.56 Å². The molecule has 0 bridgehead atoms. The van der Waals surface area contributed by atoms with Gasteiger partial charge in [-0.15, -0.1) is 0 Å². The summed E-state index contributed by atoms with van der Waals surface area (Å²) in [6, 6.07) is 1.96. The third-order valence-corrected chi connectivity index (χ3v) is 4.75. The van der Waals surface area contributed by atoms with Crippen LogP contribution in [0.4, 0.5) is 0 Å². The van der Waals surface area contributed by atoms with Crippen LogP contribution in [0, 0.1) is 6.92 Å². The molecule has 1 N–H and O–H groups in total. The third-order valence-electron chi connectivity index (χ3n) is 4.75. The Morgan fingerprint density at radius 2 is 2.17 bits per heavy atom.